The number of carbonyl (C=O) groups excluding carboxylic acids is 1. The van der Waals surface area contributed by atoms with E-state index >= 15 is 0 Å². The molecular formula is C14H7Br2FN2O. The number of nitrogens with zero attached hydrogens (tertiary/aromatic N) is 1. The van der Waals surface area contributed by atoms with Gasteiger partial charge in [0.25, 0.3) is 5.91 Å². The van der Waals surface area contributed by atoms with Gasteiger partial charge in [0.05, 0.1) is 27.4 Å². The number of nitrogens with one attached hydrogen (secondary N) is 1. The lowest BCUT2D eigenvalue weighted by atomic mass is 10.2. The van der Waals surface area contributed by atoms with Crippen LogP contribution in [0.2, 0.25) is 0 Å². The normalized spacial score (nSPS) is 9.90. The third kappa shape index (κ3) is 3.06. The van der Waals surface area contributed by atoms with E-state index in [1.165, 1.54) is 12.1 Å². The fourth-order valence-electron chi connectivity index (χ4n) is 1.55. The highest BCUT2D eigenvalue weighted by atomic mass is 79.9. The number of anilines is 1. The number of carbonyl (C=O) groups is 1. The van der Waals surface area contributed by atoms with Crippen LogP contribution in [0, 0.1) is 17.1 Å². The van der Waals surface area contributed by atoms with Crippen molar-refractivity contribution in [2.24, 2.45) is 0 Å². The van der Waals surface area contributed by atoms with Gasteiger partial charge in [0.15, 0.2) is 0 Å². The van der Waals surface area contributed by atoms with E-state index < -0.39 is 11.7 Å². The molecule has 0 aliphatic rings. The van der Waals surface area contributed by atoms with Gasteiger partial charge in [0, 0.05) is 4.47 Å². The van der Waals surface area contributed by atoms with Gasteiger partial charge in [-0.3, -0.25) is 4.79 Å². The van der Waals surface area contributed by atoms with Crippen molar-refractivity contribution in [2.45, 2.75) is 0 Å². The van der Waals surface area contributed by atoms with E-state index in [1.54, 1.807) is 24.3 Å². The van der Waals surface area contributed by atoms with E-state index in [9.17, 15) is 9.18 Å². The summed E-state index contributed by atoms with van der Waals surface area (Å²) in [6.45, 7) is 0. The molecule has 2 rings (SSSR count). The van der Waals surface area contributed by atoms with E-state index in [0.29, 0.717) is 15.7 Å². The number of nitriles is 1. The Hall–Kier alpha value is -1.71. The van der Waals surface area contributed by atoms with Crippen LogP contribution in [-0.2, 0) is 0 Å². The summed E-state index contributed by atoms with van der Waals surface area (Å²) < 4.78 is 14.6. The van der Waals surface area contributed by atoms with Crippen LogP contribution in [0.1, 0.15) is 15.9 Å². The first-order valence-corrected chi connectivity index (χ1v) is 7.06. The maximum Gasteiger partial charge on any atom is 0.258 e. The molecular weight excluding hydrogens is 391 g/mol. The van der Waals surface area contributed by atoms with E-state index in [0.717, 1.165) is 0 Å². The zero-order chi connectivity index (χ0) is 14.7. The minimum absolute atomic E-state index is 0.0596. The maximum atomic E-state index is 13.8. The van der Waals surface area contributed by atoms with Crippen LogP contribution in [0.15, 0.2) is 45.3 Å². The molecule has 0 atom stereocenters. The lowest BCUT2D eigenvalue weighted by Gasteiger charge is -2.09. The minimum Gasteiger partial charge on any atom is -0.321 e. The van der Waals surface area contributed by atoms with Crippen molar-refractivity contribution in [3.63, 3.8) is 0 Å². The van der Waals surface area contributed by atoms with E-state index in [2.05, 4.69) is 37.2 Å². The summed E-state index contributed by atoms with van der Waals surface area (Å²) in [5.41, 5.74) is 0.868. The van der Waals surface area contributed by atoms with Crippen LogP contribution in [0.4, 0.5) is 10.1 Å². The molecule has 0 radical (unpaired) electrons. The van der Waals surface area contributed by atoms with Gasteiger partial charge >= 0.3 is 0 Å². The zero-order valence-electron chi connectivity index (χ0n) is 9.95. The van der Waals surface area contributed by atoms with Crippen molar-refractivity contribution in [3.05, 3.63) is 62.3 Å². The van der Waals surface area contributed by atoms with E-state index in [1.807, 2.05) is 6.07 Å². The molecule has 0 spiro atoms. The first-order valence-electron chi connectivity index (χ1n) is 5.48. The van der Waals surface area contributed by atoms with Crippen LogP contribution in [-0.4, -0.2) is 5.91 Å². The Morgan fingerprint density at radius 1 is 1.20 bits per heavy atom. The fraction of sp³-hybridized carbons (Fsp3) is 0. The average molecular weight is 398 g/mol. The van der Waals surface area contributed by atoms with E-state index in [4.69, 9.17) is 5.26 Å². The van der Waals surface area contributed by atoms with Crippen LogP contribution in [0.25, 0.3) is 0 Å². The van der Waals surface area contributed by atoms with Gasteiger partial charge in [0.2, 0.25) is 0 Å². The van der Waals surface area contributed by atoms with E-state index in [-0.39, 0.29) is 10.0 Å². The average Bonchev–Trinajstić information content (AvgIpc) is 2.44. The number of hydrogen-bond acceptors (Lipinski definition) is 2. The second-order valence-electron chi connectivity index (χ2n) is 3.86. The largest absolute Gasteiger partial charge is 0.321 e. The minimum atomic E-state index is -0.616. The quantitative estimate of drug-likeness (QED) is 0.812. The molecule has 2 aromatic rings. The topological polar surface area (TPSA) is 52.9 Å². The summed E-state index contributed by atoms with van der Waals surface area (Å²) in [6, 6.07) is 11.2. The van der Waals surface area contributed by atoms with Gasteiger partial charge in [-0.1, -0.05) is 6.07 Å². The molecule has 0 aromatic heterocycles. The molecule has 1 amide bonds. The summed E-state index contributed by atoms with van der Waals surface area (Å²) >= 11 is 6.29. The van der Waals surface area contributed by atoms with Crippen molar-refractivity contribution < 1.29 is 9.18 Å². The van der Waals surface area contributed by atoms with Crippen LogP contribution >= 0.6 is 31.9 Å². The molecule has 0 bridgehead atoms. The summed E-state index contributed by atoms with van der Waals surface area (Å²) in [5, 5.41) is 11.4. The van der Waals surface area contributed by atoms with Crippen LogP contribution in [0.3, 0.4) is 0 Å². The number of benzene rings is 2. The fourth-order valence-corrected chi connectivity index (χ4v) is 2.40. The molecule has 3 nitrogen and oxygen atoms in total. The first-order chi connectivity index (χ1) is 9.52. The van der Waals surface area contributed by atoms with Crippen molar-refractivity contribution in [3.8, 4) is 6.07 Å². The molecule has 0 aliphatic carbocycles. The Balaban J connectivity index is 2.29. The molecule has 0 heterocycles. The standard InChI is InChI=1S/C14H7Br2FN2O/c15-10-3-1-2-9(13(10)17)14(20)19-12-5-4-8(7-18)6-11(12)16/h1-6H,(H,19,20). The van der Waals surface area contributed by atoms with Crippen LogP contribution in [0.5, 0.6) is 0 Å². The predicted molar refractivity (Wildman–Crippen MR) is 80.9 cm³/mol. The summed E-state index contributed by atoms with van der Waals surface area (Å²) in [5.74, 6) is -1.18. The van der Waals surface area contributed by atoms with Gasteiger partial charge in [-0.05, 0) is 62.2 Å². The Morgan fingerprint density at radius 3 is 2.60 bits per heavy atom. The molecule has 0 fully saturated rings. The highest BCUT2D eigenvalue weighted by molar-refractivity contribution is 9.10. The first kappa shape index (κ1) is 14.7. The lowest BCUT2D eigenvalue weighted by Crippen LogP contribution is -2.14. The summed E-state index contributed by atoms with van der Waals surface area (Å²) in [6.07, 6.45) is 0. The molecule has 20 heavy (non-hydrogen) atoms. The highest BCUT2D eigenvalue weighted by Crippen LogP contribution is 2.25. The highest BCUT2D eigenvalue weighted by Gasteiger charge is 2.15. The summed E-state index contributed by atoms with van der Waals surface area (Å²) in [7, 11) is 0. The Morgan fingerprint density at radius 2 is 1.95 bits per heavy atom. The number of hydrogen-bond donors (Lipinski definition) is 1. The van der Waals surface area contributed by atoms with Gasteiger partial charge < -0.3 is 5.32 Å². The Labute approximate surface area is 131 Å². The van der Waals surface area contributed by atoms with Gasteiger partial charge in [0.1, 0.15) is 5.82 Å². The molecule has 6 heteroatoms. The van der Waals surface area contributed by atoms with Crippen molar-refractivity contribution >= 4 is 43.5 Å². The molecule has 0 saturated carbocycles. The van der Waals surface area contributed by atoms with Gasteiger partial charge in [-0.2, -0.15) is 5.26 Å². The van der Waals surface area contributed by atoms with Gasteiger partial charge in [-0.25, -0.2) is 4.39 Å². The molecule has 0 unspecified atom stereocenters. The third-order valence-corrected chi connectivity index (χ3v) is 3.81. The Bertz CT molecular complexity index is 726. The maximum absolute atomic E-state index is 13.8. The molecule has 100 valence electrons. The number of rotatable bonds is 2. The second kappa shape index (κ2) is 6.16. The van der Waals surface area contributed by atoms with Crippen molar-refractivity contribution in [1.29, 1.82) is 5.26 Å². The molecule has 1 N–H and O–H groups in total. The number of amides is 1. The number of halogens is 3. The van der Waals surface area contributed by atoms with Crippen LogP contribution < -0.4 is 5.32 Å². The summed E-state index contributed by atoms with van der Waals surface area (Å²) in [4.78, 5) is 12.0. The predicted octanol–water partition coefficient (Wildman–Crippen LogP) is 4.47. The molecule has 2 aromatic carbocycles. The third-order valence-electron chi connectivity index (χ3n) is 2.54. The smallest absolute Gasteiger partial charge is 0.258 e. The second-order valence-corrected chi connectivity index (χ2v) is 5.57. The molecule has 0 aliphatic heterocycles. The van der Waals surface area contributed by atoms with Gasteiger partial charge in [-0.15, -0.1) is 0 Å². The monoisotopic (exact) mass is 396 g/mol. The zero-order valence-corrected chi connectivity index (χ0v) is 13.1. The SMILES string of the molecule is N#Cc1ccc(NC(=O)c2cccc(Br)c2F)c(Br)c1. The lowest BCUT2D eigenvalue weighted by molar-refractivity contribution is 0.102. The van der Waals surface area contributed by atoms with Crippen molar-refractivity contribution in [1.82, 2.24) is 0 Å². The van der Waals surface area contributed by atoms with Crippen molar-refractivity contribution in [2.75, 3.05) is 5.32 Å². The molecule has 0 saturated heterocycles. The Kier molecular flexibility index (Phi) is 4.53.